The van der Waals surface area contributed by atoms with Crippen LogP contribution in [0.15, 0.2) is 36.4 Å². The third-order valence-corrected chi connectivity index (χ3v) is 3.50. The fourth-order valence-corrected chi connectivity index (χ4v) is 2.34. The molecule has 0 spiro atoms. The van der Waals surface area contributed by atoms with E-state index in [1.807, 2.05) is 13.8 Å². The van der Waals surface area contributed by atoms with Gasteiger partial charge >= 0.3 is 5.69 Å². The van der Waals surface area contributed by atoms with Gasteiger partial charge in [-0.25, -0.2) is 0 Å². The topological polar surface area (TPSA) is 117 Å². The summed E-state index contributed by atoms with van der Waals surface area (Å²) in [5, 5.41) is 13.7. The van der Waals surface area contributed by atoms with E-state index in [9.17, 15) is 19.7 Å². The lowest BCUT2D eigenvalue weighted by molar-refractivity contribution is -0.385. The Bertz CT molecular complexity index is 867. The molecule has 0 aromatic heterocycles. The van der Waals surface area contributed by atoms with Gasteiger partial charge in [-0.2, -0.15) is 0 Å². The molecule has 0 aliphatic heterocycles. The van der Waals surface area contributed by atoms with E-state index in [4.69, 9.17) is 14.2 Å². The van der Waals surface area contributed by atoms with Gasteiger partial charge in [-0.1, -0.05) is 0 Å². The summed E-state index contributed by atoms with van der Waals surface area (Å²) in [4.78, 5) is 33.3. The van der Waals surface area contributed by atoms with Gasteiger partial charge in [0.1, 0.15) is 6.29 Å². The quantitative estimate of drug-likeness (QED) is 0.377. The molecule has 0 aliphatic carbocycles. The summed E-state index contributed by atoms with van der Waals surface area (Å²) in [5.41, 5.74) is 0.213. The summed E-state index contributed by atoms with van der Waals surface area (Å²) in [6, 6.07) is 8.67. The van der Waals surface area contributed by atoms with Crippen LogP contribution in [0.25, 0.3) is 0 Å². The van der Waals surface area contributed by atoms with E-state index in [-0.39, 0.29) is 11.3 Å². The molecule has 0 saturated carbocycles. The number of aldehydes is 1. The molecule has 2 aromatic carbocycles. The number of nitrogens with zero attached hydrogens (tertiary/aromatic N) is 1. The van der Waals surface area contributed by atoms with E-state index < -0.39 is 23.1 Å². The largest absolute Gasteiger partial charge is 0.490 e. The molecule has 28 heavy (non-hydrogen) atoms. The Hall–Kier alpha value is -3.62. The number of rotatable bonds is 10. The molecule has 1 N–H and O–H groups in total. The van der Waals surface area contributed by atoms with Gasteiger partial charge in [0, 0.05) is 23.4 Å². The molecule has 0 aliphatic rings. The summed E-state index contributed by atoms with van der Waals surface area (Å²) in [7, 11) is 0. The molecule has 0 fully saturated rings. The third kappa shape index (κ3) is 5.44. The van der Waals surface area contributed by atoms with Gasteiger partial charge < -0.3 is 19.5 Å². The zero-order valence-electron chi connectivity index (χ0n) is 15.5. The van der Waals surface area contributed by atoms with Crippen molar-refractivity contribution in [2.45, 2.75) is 13.8 Å². The number of nitrogens with one attached hydrogen (secondary N) is 1. The molecule has 0 saturated heterocycles. The molecule has 9 heteroatoms. The van der Waals surface area contributed by atoms with Gasteiger partial charge in [-0.3, -0.25) is 19.7 Å². The Morgan fingerprint density at radius 2 is 1.71 bits per heavy atom. The molecule has 0 unspecified atom stereocenters. The van der Waals surface area contributed by atoms with Crippen molar-refractivity contribution < 1.29 is 28.7 Å². The van der Waals surface area contributed by atoms with Gasteiger partial charge in [0.2, 0.25) is 0 Å². The van der Waals surface area contributed by atoms with Crippen LogP contribution in [0.2, 0.25) is 0 Å². The molecule has 0 heterocycles. The monoisotopic (exact) mass is 388 g/mol. The van der Waals surface area contributed by atoms with E-state index in [0.717, 1.165) is 6.07 Å². The van der Waals surface area contributed by atoms with Gasteiger partial charge in [-0.15, -0.1) is 0 Å². The standard InChI is InChI=1S/C19H20N2O7/c1-3-26-17-8-6-14(10-18(17)27-4-2)20-19(23)12-28-16-7-5-13(11-22)9-15(16)21(24)25/h5-11H,3-4,12H2,1-2H3,(H,20,23). The first-order valence-electron chi connectivity index (χ1n) is 8.54. The number of hydrogen-bond donors (Lipinski definition) is 1. The summed E-state index contributed by atoms with van der Waals surface area (Å²) >= 11 is 0. The van der Waals surface area contributed by atoms with Crippen LogP contribution in [-0.4, -0.2) is 36.9 Å². The van der Waals surface area contributed by atoms with Crippen molar-refractivity contribution in [2.24, 2.45) is 0 Å². The number of anilines is 1. The van der Waals surface area contributed by atoms with Crippen LogP contribution in [0.5, 0.6) is 17.2 Å². The van der Waals surface area contributed by atoms with E-state index >= 15 is 0 Å². The molecule has 0 bridgehead atoms. The minimum Gasteiger partial charge on any atom is -0.490 e. The molecule has 148 valence electrons. The van der Waals surface area contributed by atoms with E-state index in [1.165, 1.54) is 12.1 Å². The first-order valence-corrected chi connectivity index (χ1v) is 8.54. The number of hydrogen-bond acceptors (Lipinski definition) is 7. The Balaban J connectivity index is 2.06. The molecule has 9 nitrogen and oxygen atoms in total. The molecule has 2 aromatic rings. The van der Waals surface area contributed by atoms with Crippen LogP contribution in [-0.2, 0) is 4.79 Å². The predicted octanol–water partition coefficient (Wildman–Crippen LogP) is 3.22. The van der Waals surface area contributed by atoms with Crippen molar-refractivity contribution in [3.05, 3.63) is 52.1 Å². The lowest BCUT2D eigenvalue weighted by atomic mass is 10.2. The average molecular weight is 388 g/mol. The zero-order valence-corrected chi connectivity index (χ0v) is 15.5. The summed E-state index contributed by atoms with van der Waals surface area (Å²) in [6.07, 6.45) is 0.491. The lowest BCUT2D eigenvalue weighted by Crippen LogP contribution is -2.20. The fraction of sp³-hybridized carbons (Fsp3) is 0.263. The second-order valence-electron chi connectivity index (χ2n) is 5.47. The smallest absolute Gasteiger partial charge is 0.311 e. The Morgan fingerprint density at radius 3 is 2.36 bits per heavy atom. The average Bonchev–Trinajstić information content (AvgIpc) is 2.68. The van der Waals surface area contributed by atoms with E-state index in [0.29, 0.717) is 36.7 Å². The van der Waals surface area contributed by atoms with E-state index in [1.54, 1.807) is 18.2 Å². The minimum absolute atomic E-state index is 0.104. The second kappa shape index (κ2) is 9.91. The number of nitro benzene ring substituents is 1. The van der Waals surface area contributed by atoms with Crippen LogP contribution in [0.1, 0.15) is 24.2 Å². The Kier molecular flexibility index (Phi) is 7.32. The van der Waals surface area contributed by atoms with Crippen LogP contribution in [0.4, 0.5) is 11.4 Å². The number of benzene rings is 2. The number of amides is 1. The molecule has 1 amide bonds. The highest BCUT2D eigenvalue weighted by Crippen LogP contribution is 2.31. The molecular weight excluding hydrogens is 368 g/mol. The molecular formula is C19H20N2O7. The van der Waals surface area contributed by atoms with E-state index in [2.05, 4.69) is 5.32 Å². The summed E-state index contributed by atoms with van der Waals surface area (Å²) < 4.78 is 16.2. The number of nitro groups is 1. The van der Waals surface area contributed by atoms with Crippen molar-refractivity contribution in [2.75, 3.05) is 25.1 Å². The van der Waals surface area contributed by atoms with Crippen molar-refractivity contribution in [1.29, 1.82) is 0 Å². The second-order valence-corrected chi connectivity index (χ2v) is 5.47. The van der Waals surface area contributed by atoms with Crippen molar-refractivity contribution in [3.63, 3.8) is 0 Å². The maximum atomic E-state index is 12.1. The van der Waals surface area contributed by atoms with Crippen LogP contribution >= 0.6 is 0 Å². The summed E-state index contributed by atoms with van der Waals surface area (Å²) in [5.74, 6) is 0.431. The number of carbonyl (C=O) groups excluding carboxylic acids is 2. The van der Waals surface area contributed by atoms with Crippen molar-refractivity contribution in [1.82, 2.24) is 0 Å². The first kappa shape index (κ1) is 20.7. The normalized spacial score (nSPS) is 10.1. The van der Waals surface area contributed by atoms with Gasteiger partial charge in [-0.05, 0) is 38.1 Å². The van der Waals surface area contributed by atoms with Gasteiger partial charge in [0.15, 0.2) is 23.9 Å². The number of carbonyl (C=O) groups is 2. The molecule has 0 atom stereocenters. The van der Waals surface area contributed by atoms with Gasteiger partial charge in [0.05, 0.1) is 18.1 Å². The van der Waals surface area contributed by atoms with Crippen molar-refractivity contribution in [3.8, 4) is 17.2 Å². The Morgan fingerprint density at radius 1 is 1.04 bits per heavy atom. The van der Waals surface area contributed by atoms with Crippen LogP contribution < -0.4 is 19.5 Å². The first-order chi connectivity index (χ1) is 13.5. The van der Waals surface area contributed by atoms with Crippen LogP contribution in [0.3, 0.4) is 0 Å². The zero-order chi connectivity index (χ0) is 20.5. The molecule has 0 radical (unpaired) electrons. The lowest BCUT2D eigenvalue weighted by Gasteiger charge is -2.13. The molecule has 2 rings (SSSR count). The highest BCUT2D eigenvalue weighted by molar-refractivity contribution is 5.92. The Labute approximate surface area is 161 Å². The minimum atomic E-state index is -0.680. The summed E-state index contributed by atoms with van der Waals surface area (Å²) in [6.45, 7) is 4.14. The maximum absolute atomic E-state index is 12.1. The van der Waals surface area contributed by atoms with Gasteiger partial charge in [0.25, 0.3) is 5.91 Å². The van der Waals surface area contributed by atoms with Crippen LogP contribution in [0, 0.1) is 10.1 Å². The predicted molar refractivity (Wildman–Crippen MR) is 101 cm³/mol. The highest BCUT2D eigenvalue weighted by Gasteiger charge is 2.17. The SMILES string of the molecule is CCOc1ccc(NC(=O)COc2ccc(C=O)cc2[N+](=O)[O-])cc1OCC. The third-order valence-electron chi connectivity index (χ3n) is 3.50. The highest BCUT2D eigenvalue weighted by atomic mass is 16.6. The maximum Gasteiger partial charge on any atom is 0.311 e. The van der Waals surface area contributed by atoms with Crippen molar-refractivity contribution >= 4 is 23.6 Å². The fourth-order valence-electron chi connectivity index (χ4n) is 2.34. The number of ether oxygens (including phenoxy) is 3.